The summed E-state index contributed by atoms with van der Waals surface area (Å²) in [5.74, 6) is 0.416. The summed E-state index contributed by atoms with van der Waals surface area (Å²) in [4.78, 5) is 17.5. The monoisotopic (exact) mass is 386 g/mol. The molecule has 0 aromatic carbocycles. The van der Waals surface area contributed by atoms with Gasteiger partial charge in [-0.3, -0.25) is 4.79 Å². The number of amides is 1. The van der Waals surface area contributed by atoms with E-state index in [9.17, 15) is 13.2 Å². The van der Waals surface area contributed by atoms with Gasteiger partial charge in [0.2, 0.25) is 5.91 Å². The Kier molecular flexibility index (Phi) is 6.59. The third-order valence-corrected chi connectivity index (χ3v) is 8.09. The van der Waals surface area contributed by atoms with Crippen LogP contribution in [0.5, 0.6) is 0 Å². The van der Waals surface area contributed by atoms with Crippen LogP contribution in [0.25, 0.3) is 0 Å². The normalized spacial score (nSPS) is 26.2. The number of carbonyl (C=O) groups is 1. The highest BCUT2D eigenvalue weighted by Gasteiger charge is 2.38. The number of piperidine rings is 1. The molecule has 1 atom stereocenters. The van der Waals surface area contributed by atoms with Crippen LogP contribution in [0.2, 0.25) is 0 Å². The van der Waals surface area contributed by atoms with Gasteiger partial charge >= 0.3 is 0 Å². The van der Waals surface area contributed by atoms with Gasteiger partial charge in [-0.15, -0.1) is 0 Å². The Morgan fingerprint density at radius 3 is 2.27 bits per heavy atom. The van der Waals surface area contributed by atoms with E-state index in [4.69, 9.17) is 0 Å². The molecular formula is C18H34N4O3S. The topological polar surface area (TPSA) is 64.2 Å². The molecule has 8 heteroatoms. The zero-order valence-electron chi connectivity index (χ0n) is 16.3. The minimum atomic E-state index is -3.42. The van der Waals surface area contributed by atoms with Crippen LogP contribution in [0.1, 0.15) is 44.9 Å². The fourth-order valence-corrected chi connectivity index (χ4v) is 5.42. The highest BCUT2D eigenvalue weighted by molar-refractivity contribution is 7.86. The Balaban J connectivity index is 1.68. The van der Waals surface area contributed by atoms with Gasteiger partial charge in [0, 0.05) is 52.2 Å². The largest absolute Gasteiger partial charge is 0.337 e. The average Bonchev–Trinajstić information content (AvgIpc) is 3.07. The highest BCUT2D eigenvalue weighted by atomic mass is 32.2. The van der Waals surface area contributed by atoms with Gasteiger partial charge in [-0.25, -0.2) is 0 Å². The molecule has 3 aliphatic rings. The van der Waals surface area contributed by atoms with Crippen LogP contribution < -0.4 is 0 Å². The average molecular weight is 387 g/mol. The van der Waals surface area contributed by atoms with Crippen molar-refractivity contribution in [1.82, 2.24) is 18.4 Å². The minimum Gasteiger partial charge on any atom is -0.337 e. The highest BCUT2D eigenvalue weighted by Crippen LogP contribution is 2.30. The lowest BCUT2D eigenvalue weighted by Gasteiger charge is -2.42. The summed E-state index contributed by atoms with van der Waals surface area (Å²) in [6, 6.07) is 0.00850. The smallest absolute Gasteiger partial charge is 0.281 e. The molecule has 0 aromatic heterocycles. The fraction of sp³-hybridized carbons (Fsp3) is 0.944. The van der Waals surface area contributed by atoms with Crippen molar-refractivity contribution in [3.8, 4) is 0 Å². The standard InChI is InChI=1S/C18H34N4O3S/c1-19(2)26(24,25)21-12-6-9-17(15-21)22(18(23)16-7-5-8-16)14-13-20-10-3-4-11-20/h16-17H,3-15H2,1-2H3. The van der Waals surface area contributed by atoms with E-state index in [1.165, 1.54) is 17.1 Å². The molecule has 1 saturated carbocycles. The molecule has 7 nitrogen and oxygen atoms in total. The summed E-state index contributed by atoms with van der Waals surface area (Å²) in [5.41, 5.74) is 0. The van der Waals surface area contributed by atoms with Crippen molar-refractivity contribution in [2.24, 2.45) is 5.92 Å². The molecular weight excluding hydrogens is 352 g/mol. The molecule has 1 aliphatic carbocycles. The summed E-state index contributed by atoms with van der Waals surface area (Å²) in [6.07, 6.45) is 7.33. The second-order valence-corrected chi connectivity index (χ2v) is 10.3. The van der Waals surface area contributed by atoms with E-state index >= 15 is 0 Å². The van der Waals surface area contributed by atoms with Crippen LogP contribution in [0, 0.1) is 5.92 Å². The van der Waals surface area contributed by atoms with Crippen molar-refractivity contribution in [3.05, 3.63) is 0 Å². The van der Waals surface area contributed by atoms with E-state index in [1.54, 1.807) is 18.4 Å². The van der Waals surface area contributed by atoms with Gasteiger partial charge in [-0.05, 0) is 51.6 Å². The molecule has 0 radical (unpaired) electrons. The Morgan fingerprint density at radius 2 is 1.69 bits per heavy atom. The Bertz CT molecular complexity index is 585. The van der Waals surface area contributed by atoms with Gasteiger partial charge in [0.05, 0.1) is 0 Å². The molecule has 150 valence electrons. The zero-order valence-corrected chi connectivity index (χ0v) is 17.1. The Hall–Kier alpha value is -0.700. The van der Waals surface area contributed by atoms with E-state index in [0.29, 0.717) is 13.1 Å². The maximum absolute atomic E-state index is 13.0. The van der Waals surface area contributed by atoms with Gasteiger partial charge in [0.15, 0.2) is 0 Å². The number of carbonyl (C=O) groups excluding carboxylic acids is 1. The summed E-state index contributed by atoms with van der Waals surface area (Å²) in [6.45, 7) is 4.87. The molecule has 26 heavy (non-hydrogen) atoms. The van der Waals surface area contributed by atoms with Gasteiger partial charge in [-0.2, -0.15) is 17.0 Å². The molecule has 0 aromatic rings. The van der Waals surface area contributed by atoms with Crippen molar-refractivity contribution >= 4 is 16.1 Å². The quantitative estimate of drug-likeness (QED) is 0.654. The number of hydrogen-bond acceptors (Lipinski definition) is 4. The third kappa shape index (κ3) is 4.40. The maximum atomic E-state index is 13.0. The van der Waals surface area contributed by atoms with E-state index in [1.807, 2.05) is 4.90 Å². The zero-order chi connectivity index (χ0) is 18.7. The van der Waals surface area contributed by atoms with Crippen LogP contribution in [-0.4, -0.2) is 92.1 Å². The molecule has 3 rings (SSSR count). The van der Waals surface area contributed by atoms with E-state index in [0.717, 1.165) is 58.3 Å². The van der Waals surface area contributed by atoms with Gasteiger partial charge in [-0.1, -0.05) is 6.42 Å². The molecule has 2 aliphatic heterocycles. The van der Waals surface area contributed by atoms with Crippen LogP contribution in [0.15, 0.2) is 0 Å². The molecule has 0 N–H and O–H groups in total. The van der Waals surface area contributed by atoms with E-state index in [-0.39, 0.29) is 17.9 Å². The van der Waals surface area contributed by atoms with Crippen molar-refractivity contribution in [2.45, 2.75) is 51.0 Å². The third-order valence-electron chi connectivity index (χ3n) is 6.18. The van der Waals surface area contributed by atoms with Crippen LogP contribution in [0.4, 0.5) is 0 Å². The van der Waals surface area contributed by atoms with E-state index in [2.05, 4.69) is 4.90 Å². The lowest BCUT2D eigenvalue weighted by atomic mass is 9.83. The molecule has 0 bridgehead atoms. The molecule has 2 saturated heterocycles. The number of likely N-dealkylation sites (tertiary alicyclic amines) is 1. The van der Waals surface area contributed by atoms with Crippen molar-refractivity contribution in [2.75, 3.05) is 53.4 Å². The summed E-state index contributed by atoms with van der Waals surface area (Å²) < 4.78 is 27.9. The van der Waals surface area contributed by atoms with Crippen molar-refractivity contribution < 1.29 is 13.2 Å². The second kappa shape index (κ2) is 8.54. The SMILES string of the molecule is CN(C)S(=O)(=O)N1CCCC(N(CCN2CCCC2)C(=O)C2CCC2)C1. The molecule has 3 fully saturated rings. The fourth-order valence-electron chi connectivity index (χ4n) is 4.23. The van der Waals surface area contributed by atoms with Crippen LogP contribution >= 0.6 is 0 Å². The predicted octanol–water partition coefficient (Wildman–Crippen LogP) is 0.982. The maximum Gasteiger partial charge on any atom is 0.281 e. The van der Waals surface area contributed by atoms with Crippen molar-refractivity contribution in [3.63, 3.8) is 0 Å². The second-order valence-electron chi connectivity index (χ2n) is 8.15. The first-order valence-corrected chi connectivity index (χ1v) is 11.5. The lowest BCUT2D eigenvalue weighted by Crippen LogP contribution is -2.56. The Morgan fingerprint density at radius 1 is 1.00 bits per heavy atom. The summed E-state index contributed by atoms with van der Waals surface area (Å²) >= 11 is 0. The van der Waals surface area contributed by atoms with Gasteiger partial charge in [0.25, 0.3) is 10.2 Å². The van der Waals surface area contributed by atoms with Crippen molar-refractivity contribution in [1.29, 1.82) is 0 Å². The molecule has 1 amide bonds. The first-order valence-electron chi connectivity index (χ1n) is 10.1. The summed E-state index contributed by atoms with van der Waals surface area (Å²) in [7, 11) is -0.270. The lowest BCUT2D eigenvalue weighted by molar-refractivity contribution is -0.141. The van der Waals surface area contributed by atoms with Gasteiger partial charge < -0.3 is 9.80 Å². The number of hydrogen-bond donors (Lipinski definition) is 0. The number of rotatable bonds is 7. The summed E-state index contributed by atoms with van der Waals surface area (Å²) in [5, 5.41) is 0. The molecule has 2 heterocycles. The van der Waals surface area contributed by atoms with E-state index < -0.39 is 10.2 Å². The molecule has 0 spiro atoms. The van der Waals surface area contributed by atoms with Crippen LogP contribution in [-0.2, 0) is 15.0 Å². The molecule has 1 unspecified atom stereocenters. The minimum absolute atomic E-state index is 0.00850. The van der Waals surface area contributed by atoms with Gasteiger partial charge in [0.1, 0.15) is 0 Å². The first-order chi connectivity index (χ1) is 12.4. The Labute approximate surface area is 158 Å². The van der Waals surface area contributed by atoms with Crippen LogP contribution in [0.3, 0.4) is 0 Å². The number of nitrogens with zero attached hydrogens (tertiary/aromatic N) is 4. The first kappa shape index (κ1) is 20.0. The predicted molar refractivity (Wildman–Crippen MR) is 102 cm³/mol.